The lowest BCUT2D eigenvalue weighted by Gasteiger charge is -2.33. The molecule has 1 fully saturated rings. The zero-order chi connectivity index (χ0) is 17.6. The number of piperidine rings is 1. The molecule has 134 valence electrons. The van der Waals surface area contributed by atoms with Crippen molar-refractivity contribution in [3.05, 3.63) is 54.0 Å². The van der Waals surface area contributed by atoms with E-state index in [4.69, 9.17) is 4.42 Å². The minimum Gasteiger partial charge on any atom is -0.468 e. The second kappa shape index (κ2) is 8.59. The summed E-state index contributed by atoms with van der Waals surface area (Å²) in [5.41, 5.74) is 1.19. The first-order valence-corrected chi connectivity index (χ1v) is 10.0. The van der Waals surface area contributed by atoms with E-state index in [-0.39, 0.29) is 11.8 Å². The average Bonchev–Trinajstić information content (AvgIpc) is 3.14. The van der Waals surface area contributed by atoms with Crippen molar-refractivity contribution in [2.45, 2.75) is 30.8 Å². The molecule has 5 heteroatoms. The lowest BCUT2D eigenvalue weighted by molar-refractivity contribution is -0.136. The van der Waals surface area contributed by atoms with Crippen molar-refractivity contribution in [3.8, 4) is 0 Å². The van der Waals surface area contributed by atoms with Gasteiger partial charge in [0.25, 0.3) is 0 Å². The van der Waals surface area contributed by atoms with E-state index < -0.39 is 0 Å². The number of carbonyl (C=O) groups excluding carboxylic acids is 1. The molecule has 0 N–H and O–H groups in total. The van der Waals surface area contributed by atoms with Gasteiger partial charge >= 0.3 is 0 Å². The third kappa shape index (κ3) is 4.89. The molecule has 1 aromatic carbocycles. The molecule has 0 unspecified atom stereocenters. The van der Waals surface area contributed by atoms with Crippen LogP contribution in [0.3, 0.4) is 0 Å². The second-order valence-corrected chi connectivity index (χ2v) is 7.58. The highest BCUT2D eigenvalue weighted by molar-refractivity contribution is 7.98. The van der Waals surface area contributed by atoms with E-state index in [2.05, 4.69) is 35.4 Å². The summed E-state index contributed by atoms with van der Waals surface area (Å²) >= 11 is 1.73. The maximum absolute atomic E-state index is 12.9. The van der Waals surface area contributed by atoms with E-state index in [1.165, 1.54) is 10.5 Å². The Bertz CT molecular complexity index is 687. The third-order valence-corrected chi connectivity index (χ3v) is 5.47. The SMILES string of the molecule is CSc1cccc(CN(C)C(=O)[C@@H]2CCCN(Cc3ccco3)C2)c1. The summed E-state index contributed by atoms with van der Waals surface area (Å²) < 4.78 is 5.44. The summed E-state index contributed by atoms with van der Waals surface area (Å²) in [6.07, 6.45) is 5.82. The molecule has 0 aliphatic carbocycles. The quantitative estimate of drug-likeness (QED) is 0.735. The van der Waals surface area contributed by atoms with Crippen LogP contribution in [0.4, 0.5) is 0 Å². The topological polar surface area (TPSA) is 36.7 Å². The monoisotopic (exact) mass is 358 g/mol. The summed E-state index contributed by atoms with van der Waals surface area (Å²) in [5, 5.41) is 0. The minimum absolute atomic E-state index is 0.0810. The number of likely N-dealkylation sites (tertiary alicyclic amines) is 1. The number of hydrogen-bond acceptors (Lipinski definition) is 4. The van der Waals surface area contributed by atoms with Crippen LogP contribution < -0.4 is 0 Å². The maximum atomic E-state index is 12.9. The van der Waals surface area contributed by atoms with E-state index in [0.717, 1.165) is 38.2 Å². The lowest BCUT2D eigenvalue weighted by atomic mass is 9.96. The van der Waals surface area contributed by atoms with Crippen LogP contribution in [0, 0.1) is 5.92 Å². The van der Waals surface area contributed by atoms with Crippen molar-refractivity contribution in [1.82, 2.24) is 9.80 Å². The van der Waals surface area contributed by atoms with Gasteiger partial charge in [-0.25, -0.2) is 0 Å². The van der Waals surface area contributed by atoms with E-state index in [1.54, 1.807) is 18.0 Å². The van der Waals surface area contributed by atoms with E-state index >= 15 is 0 Å². The fourth-order valence-electron chi connectivity index (χ4n) is 3.46. The summed E-state index contributed by atoms with van der Waals surface area (Å²) in [5.74, 6) is 1.30. The fraction of sp³-hybridized carbons (Fsp3) is 0.450. The zero-order valence-corrected chi connectivity index (χ0v) is 15.8. The van der Waals surface area contributed by atoms with Gasteiger partial charge in [-0.1, -0.05) is 12.1 Å². The van der Waals surface area contributed by atoms with Gasteiger partial charge in [-0.05, 0) is 55.5 Å². The van der Waals surface area contributed by atoms with Gasteiger partial charge in [0.2, 0.25) is 5.91 Å². The van der Waals surface area contributed by atoms with Crippen LogP contribution in [0.1, 0.15) is 24.2 Å². The zero-order valence-electron chi connectivity index (χ0n) is 15.0. The Kier molecular flexibility index (Phi) is 6.21. The maximum Gasteiger partial charge on any atom is 0.227 e. The number of benzene rings is 1. The minimum atomic E-state index is 0.0810. The number of carbonyl (C=O) groups is 1. The molecule has 0 saturated carbocycles. The van der Waals surface area contributed by atoms with Gasteiger partial charge in [-0.2, -0.15) is 0 Å². The molecule has 1 saturated heterocycles. The van der Waals surface area contributed by atoms with Crippen molar-refractivity contribution in [2.24, 2.45) is 5.92 Å². The van der Waals surface area contributed by atoms with Crippen LogP contribution in [0.15, 0.2) is 52.0 Å². The van der Waals surface area contributed by atoms with Gasteiger partial charge in [-0.15, -0.1) is 11.8 Å². The Morgan fingerprint density at radius 1 is 1.36 bits per heavy atom. The first-order chi connectivity index (χ1) is 12.2. The smallest absolute Gasteiger partial charge is 0.227 e. The van der Waals surface area contributed by atoms with Gasteiger partial charge < -0.3 is 9.32 Å². The Hall–Kier alpha value is -1.72. The van der Waals surface area contributed by atoms with Gasteiger partial charge in [0.05, 0.1) is 18.7 Å². The summed E-state index contributed by atoms with van der Waals surface area (Å²) in [4.78, 5) is 18.3. The Morgan fingerprint density at radius 2 is 2.24 bits per heavy atom. The molecule has 1 atom stereocenters. The fourth-order valence-corrected chi connectivity index (χ4v) is 3.94. The summed E-state index contributed by atoms with van der Waals surface area (Å²) in [7, 11) is 1.92. The van der Waals surface area contributed by atoms with Crippen molar-refractivity contribution < 1.29 is 9.21 Å². The molecule has 3 rings (SSSR count). The van der Waals surface area contributed by atoms with E-state index in [0.29, 0.717) is 6.54 Å². The molecule has 1 aliphatic heterocycles. The first kappa shape index (κ1) is 18.1. The molecule has 2 heterocycles. The summed E-state index contributed by atoms with van der Waals surface area (Å²) in [6.45, 7) is 3.30. The number of nitrogens with zero attached hydrogens (tertiary/aromatic N) is 2. The number of thioether (sulfide) groups is 1. The highest BCUT2D eigenvalue weighted by Gasteiger charge is 2.28. The van der Waals surface area contributed by atoms with Gasteiger partial charge in [0, 0.05) is 25.0 Å². The molecule has 1 amide bonds. The van der Waals surface area contributed by atoms with Crippen LogP contribution in [0.5, 0.6) is 0 Å². The molecule has 0 bridgehead atoms. The van der Waals surface area contributed by atoms with Gasteiger partial charge in [-0.3, -0.25) is 9.69 Å². The Labute approximate surface area is 154 Å². The number of hydrogen-bond donors (Lipinski definition) is 0. The van der Waals surface area contributed by atoms with Crippen LogP contribution in [-0.4, -0.2) is 42.1 Å². The molecule has 25 heavy (non-hydrogen) atoms. The predicted molar refractivity (Wildman–Crippen MR) is 101 cm³/mol. The Balaban J connectivity index is 1.57. The molecule has 4 nitrogen and oxygen atoms in total. The van der Waals surface area contributed by atoms with Crippen LogP contribution >= 0.6 is 11.8 Å². The molecular weight excluding hydrogens is 332 g/mol. The second-order valence-electron chi connectivity index (χ2n) is 6.70. The number of rotatable bonds is 6. The molecule has 1 aromatic heterocycles. The molecule has 2 aromatic rings. The van der Waals surface area contributed by atoms with Crippen molar-refractivity contribution in [3.63, 3.8) is 0 Å². The van der Waals surface area contributed by atoms with Crippen molar-refractivity contribution >= 4 is 17.7 Å². The van der Waals surface area contributed by atoms with Gasteiger partial charge in [0.1, 0.15) is 5.76 Å². The standard InChI is InChI=1S/C20H26N2O2S/c1-21(13-16-6-3-9-19(12-16)25-2)20(23)17-7-4-10-22(14-17)15-18-8-5-11-24-18/h3,5-6,8-9,11-12,17H,4,7,10,13-15H2,1-2H3/t17-/m1/s1. The largest absolute Gasteiger partial charge is 0.468 e. The predicted octanol–water partition coefficient (Wildman–Crippen LogP) is 3.87. The van der Waals surface area contributed by atoms with Gasteiger partial charge in [0.15, 0.2) is 0 Å². The highest BCUT2D eigenvalue weighted by atomic mass is 32.2. The molecule has 1 aliphatic rings. The third-order valence-electron chi connectivity index (χ3n) is 4.74. The number of furan rings is 1. The molecular formula is C20H26N2O2S. The van der Waals surface area contributed by atoms with Crippen LogP contribution in [-0.2, 0) is 17.9 Å². The van der Waals surface area contributed by atoms with E-state index in [1.807, 2.05) is 24.1 Å². The Morgan fingerprint density at radius 3 is 3.00 bits per heavy atom. The number of amides is 1. The van der Waals surface area contributed by atoms with Crippen molar-refractivity contribution in [1.29, 1.82) is 0 Å². The van der Waals surface area contributed by atoms with Crippen LogP contribution in [0.25, 0.3) is 0 Å². The average molecular weight is 359 g/mol. The lowest BCUT2D eigenvalue weighted by Crippen LogP contribution is -2.43. The van der Waals surface area contributed by atoms with Crippen LogP contribution in [0.2, 0.25) is 0 Å². The normalized spacial score (nSPS) is 18.2. The van der Waals surface area contributed by atoms with E-state index in [9.17, 15) is 4.79 Å². The summed E-state index contributed by atoms with van der Waals surface area (Å²) in [6, 6.07) is 12.3. The first-order valence-electron chi connectivity index (χ1n) is 8.78. The highest BCUT2D eigenvalue weighted by Crippen LogP contribution is 2.22. The van der Waals surface area contributed by atoms with Crippen molar-refractivity contribution in [2.75, 3.05) is 26.4 Å². The molecule has 0 spiro atoms. The molecule has 0 radical (unpaired) electrons.